The molecule has 0 saturated heterocycles. The van der Waals surface area contributed by atoms with E-state index in [0.29, 0.717) is 18.1 Å². The molecule has 5 rings (SSSR count). The van der Waals surface area contributed by atoms with Gasteiger partial charge in [-0.05, 0) is 55.4 Å². The molecule has 28 heavy (non-hydrogen) atoms. The van der Waals surface area contributed by atoms with Crippen molar-refractivity contribution in [2.75, 3.05) is 5.32 Å². The molecule has 140 valence electrons. The number of anilines is 1. The van der Waals surface area contributed by atoms with Crippen LogP contribution in [0, 0.1) is 6.92 Å². The van der Waals surface area contributed by atoms with Gasteiger partial charge >= 0.3 is 0 Å². The van der Waals surface area contributed by atoms with Crippen LogP contribution in [-0.2, 0) is 19.4 Å². The van der Waals surface area contributed by atoms with Crippen molar-refractivity contribution in [1.82, 2.24) is 24.9 Å². The van der Waals surface area contributed by atoms with Gasteiger partial charge < -0.3 is 5.32 Å². The van der Waals surface area contributed by atoms with Gasteiger partial charge in [-0.15, -0.1) is 11.3 Å². The Bertz CT molecular complexity index is 1140. The van der Waals surface area contributed by atoms with E-state index >= 15 is 0 Å². The summed E-state index contributed by atoms with van der Waals surface area (Å²) in [5.41, 5.74) is 4.50. The van der Waals surface area contributed by atoms with Gasteiger partial charge in [-0.2, -0.15) is 0 Å². The molecule has 0 aliphatic heterocycles. The number of aromatic nitrogens is 5. The van der Waals surface area contributed by atoms with Crippen LogP contribution in [0.5, 0.6) is 0 Å². The van der Waals surface area contributed by atoms with Gasteiger partial charge in [0.25, 0.3) is 0 Å². The molecule has 0 bridgehead atoms. The average Bonchev–Trinajstić information content (AvgIpc) is 3.12. The minimum atomic E-state index is 0.619. The van der Waals surface area contributed by atoms with E-state index in [1.54, 1.807) is 29.9 Å². The monoisotopic (exact) mass is 388 g/mol. The molecule has 1 N–H and O–H groups in total. The fourth-order valence-corrected chi connectivity index (χ4v) is 4.96. The molecular weight excluding hydrogens is 368 g/mol. The number of hydrogen-bond donors (Lipinski definition) is 1. The number of hydrogen-bond acceptors (Lipinski definition) is 7. The lowest BCUT2D eigenvalue weighted by molar-refractivity contribution is 0.700. The smallest absolute Gasteiger partial charge is 0.183 e. The number of aryl methyl sites for hydroxylation is 3. The number of thiophene rings is 1. The van der Waals surface area contributed by atoms with Gasteiger partial charge in [0.05, 0.1) is 11.6 Å². The third-order valence-electron chi connectivity index (χ3n) is 5.19. The van der Waals surface area contributed by atoms with Crippen LogP contribution in [0.4, 0.5) is 5.82 Å². The van der Waals surface area contributed by atoms with Crippen LogP contribution in [0.2, 0.25) is 0 Å². The first-order valence-corrected chi connectivity index (χ1v) is 10.3. The first-order chi connectivity index (χ1) is 13.8. The summed E-state index contributed by atoms with van der Waals surface area (Å²) in [4.78, 5) is 24.9. The molecular formula is C21H20N6S. The predicted octanol–water partition coefficient (Wildman–Crippen LogP) is 4.34. The summed E-state index contributed by atoms with van der Waals surface area (Å²) in [6, 6.07) is 2.05. The molecule has 0 saturated carbocycles. The van der Waals surface area contributed by atoms with Gasteiger partial charge in [0.15, 0.2) is 5.82 Å². The molecule has 4 heterocycles. The zero-order chi connectivity index (χ0) is 18.9. The minimum absolute atomic E-state index is 0.619. The molecule has 7 heteroatoms. The summed E-state index contributed by atoms with van der Waals surface area (Å²) in [5, 5.41) is 4.75. The van der Waals surface area contributed by atoms with Crippen LogP contribution in [0.3, 0.4) is 0 Å². The van der Waals surface area contributed by atoms with Crippen LogP contribution in [0.1, 0.15) is 34.4 Å². The molecule has 0 aromatic carbocycles. The summed E-state index contributed by atoms with van der Waals surface area (Å²) in [6.45, 7) is 2.78. The number of nitrogens with one attached hydrogen (secondary N) is 1. The maximum atomic E-state index is 4.86. The molecule has 0 unspecified atom stereocenters. The summed E-state index contributed by atoms with van der Waals surface area (Å²) in [5.74, 6) is 1.51. The van der Waals surface area contributed by atoms with Crippen molar-refractivity contribution in [3.63, 3.8) is 0 Å². The Morgan fingerprint density at radius 2 is 1.93 bits per heavy atom. The minimum Gasteiger partial charge on any atom is -0.365 e. The Kier molecular flexibility index (Phi) is 4.44. The van der Waals surface area contributed by atoms with E-state index in [9.17, 15) is 0 Å². The standard InChI is InChI=1S/C21H20N6S/c1-13-10-22-7-6-14(13)11-25-20-18-15-4-2-3-5-17(15)28-21(18)27-19(26-20)16-12-23-8-9-24-16/h6-10,12H,2-5,11H2,1H3,(H,25,26,27). The van der Waals surface area contributed by atoms with Gasteiger partial charge in [-0.1, -0.05) is 0 Å². The third-order valence-corrected chi connectivity index (χ3v) is 6.38. The second-order valence-electron chi connectivity index (χ2n) is 7.03. The van der Waals surface area contributed by atoms with E-state index in [2.05, 4.69) is 27.2 Å². The van der Waals surface area contributed by atoms with Gasteiger partial charge in [0.2, 0.25) is 0 Å². The Labute approximate surface area is 167 Å². The molecule has 4 aromatic rings. The van der Waals surface area contributed by atoms with Crippen molar-refractivity contribution < 1.29 is 0 Å². The van der Waals surface area contributed by atoms with Crippen LogP contribution >= 0.6 is 11.3 Å². The topological polar surface area (TPSA) is 76.5 Å². The summed E-state index contributed by atoms with van der Waals surface area (Å²) in [7, 11) is 0. The first kappa shape index (κ1) is 17.2. The predicted molar refractivity (Wildman–Crippen MR) is 111 cm³/mol. The Morgan fingerprint density at radius 1 is 1.04 bits per heavy atom. The van der Waals surface area contributed by atoms with Crippen LogP contribution in [0.15, 0.2) is 37.1 Å². The largest absolute Gasteiger partial charge is 0.365 e. The molecule has 0 fully saturated rings. The average molecular weight is 389 g/mol. The van der Waals surface area contributed by atoms with Crippen molar-refractivity contribution >= 4 is 27.4 Å². The Balaban J connectivity index is 1.62. The summed E-state index contributed by atoms with van der Waals surface area (Å²) >= 11 is 1.80. The summed E-state index contributed by atoms with van der Waals surface area (Å²) < 4.78 is 0. The lowest BCUT2D eigenvalue weighted by atomic mass is 9.97. The molecule has 0 radical (unpaired) electrons. The second kappa shape index (κ2) is 7.24. The number of pyridine rings is 1. The van der Waals surface area contributed by atoms with E-state index in [1.807, 2.05) is 18.5 Å². The Morgan fingerprint density at radius 3 is 2.79 bits per heavy atom. The number of nitrogens with zero attached hydrogens (tertiary/aromatic N) is 5. The van der Waals surface area contributed by atoms with Crippen molar-refractivity contribution in [1.29, 1.82) is 0 Å². The third kappa shape index (κ3) is 3.11. The zero-order valence-corrected chi connectivity index (χ0v) is 16.5. The number of rotatable bonds is 4. The highest BCUT2D eigenvalue weighted by atomic mass is 32.1. The van der Waals surface area contributed by atoms with Gasteiger partial charge in [0, 0.05) is 36.2 Å². The van der Waals surface area contributed by atoms with Crippen molar-refractivity contribution in [2.45, 2.75) is 39.2 Å². The molecule has 0 amide bonds. The van der Waals surface area contributed by atoms with Gasteiger partial charge in [0.1, 0.15) is 16.3 Å². The van der Waals surface area contributed by atoms with E-state index in [1.165, 1.54) is 39.8 Å². The zero-order valence-electron chi connectivity index (χ0n) is 15.6. The molecule has 0 spiro atoms. The maximum absolute atomic E-state index is 4.86. The van der Waals surface area contributed by atoms with E-state index in [0.717, 1.165) is 23.5 Å². The van der Waals surface area contributed by atoms with E-state index < -0.39 is 0 Å². The highest BCUT2D eigenvalue weighted by molar-refractivity contribution is 7.19. The molecule has 1 aliphatic carbocycles. The summed E-state index contributed by atoms with van der Waals surface area (Å²) in [6.07, 6.45) is 13.5. The van der Waals surface area contributed by atoms with Gasteiger partial charge in [-0.25, -0.2) is 15.0 Å². The lowest BCUT2D eigenvalue weighted by Gasteiger charge is -2.14. The fraction of sp³-hybridized carbons (Fsp3) is 0.286. The van der Waals surface area contributed by atoms with Crippen molar-refractivity contribution in [2.24, 2.45) is 0 Å². The highest BCUT2D eigenvalue weighted by Gasteiger charge is 2.22. The van der Waals surface area contributed by atoms with E-state index in [4.69, 9.17) is 9.97 Å². The number of fused-ring (bicyclic) bond motifs is 3. The highest BCUT2D eigenvalue weighted by Crippen LogP contribution is 2.39. The first-order valence-electron chi connectivity index (χ1n) is 9.51. The molecule has 1 aliphatic rings. The van der Waals surface area contributed by atoms with Crippen LogP contribution in [-0.4, -0.2) is 24.9 Å². The molecule has 4 aromatic heterocycles. The second-order valence-corrected chi connectivity index (χ2v) is 8.12. The van der Waals surface area contributed by atoms with Crippen molar-refractivity contribution in [3.05, 3.63) is 58.6 Å². The van der Waals surface area contributed by atoms with Crippen LogP contribution in [0.25, 0.3) is 21.7 Å². The van der Waals surface area contributed by atoms with E-state index in [-0.39, 0.29) is 0 Å². The SMILES string of the molecule is Cc1cnccc1CNc1nc(-c2cnccn2)nc2sc3c(c12)CCCC3. The Hall–Kier alpha value is -2.93. The fourth-order valence-electron chi connectivity index (χ4n) is 3.69. The molecule has 6 nitrogen and oxygen atoms in total. The normalized spacial score (nSPS) is 13.5. The molecule has 0 atom stereocenters. The van der Waals surface area contributed by atoms with Gasteiger partial charge in [-0.3, -0.25) is 9.97 Å². The quantitative estimate of drug-likeness (QED) is 0.560. The lowest BCUT2D eigenvalue weighted by Crippen LogP contribution is -2.07. The van der Waals surface area contributed by atoms with Crippen molar-refractivity contribution in [3.8, 4) is 11.5 Å². The van der Waals surface area contributed by atoms with Crippen LogP contribution < -0.4 is 5.32 Å². The maximum Gasteiger partial charge on any atom is 0.183 e.